The largest absolute Gasteiger partial charge is 0.323 e. The van der Waals surface area contributed by atoms with Crippen LogP contribution < -0.4 is 5.73 Å². The SMILES string of the molecule is Cc1nc2c(s1)[C@@H](N)C1(CCN(C(C)C)CC1)C2. The molecule has 1 saturated heterocycles. The first-order valence-corrected chi connectivity index (χ1v) is 7.79. The van der Waals surface area contributed by atoms with Crippen LogP contribution in [0, 0.1) is 12.3 Å². The molecule has 0 bridgehead atoms. The van der Waals surface area contributed by atoms with E-state index < -0.39 is 0 Å². The van der Waals surface area contributed by atoms with Gasteiger partial charge in [0.05, 0.1) is 10.7 Å². The van der Waals surface area contributed by atoms with Crippen LogP contribution >= 0.6 is 11.3 Å². The molecule has 2 N–H and O–H groups in total. The molecule has 2 aliphatic rings. The molecule has 3 rings (SSSR count). The van der Waals surface area contributed by atoms with Crippen molar-refractivity contribution < 1.29 is 0 Å². The molecule has 1 spiro atoms. The maximum absolute atomic E-state index is 6.54. The topological polar surface area (TPSA) is 42.1 Å². The van der Waals surface area contributed by atoms with E-state index in [-0.39, 0.29) is 6.04 Å². The minimum absolute atomic E-state index is 0.230. The molecule has 1 atom stereocenters. The average molecular weight is 265 g/mol. The van der Waals surface area contributed by atoms with Crippen molar-refractivity contribution in [2.24, 2.45) is 11.1 Å². The molecule has 18 heavy (non-hydrogen) atoms. The molecular weight excluding hydrogens is 242 g/mol. The van der Waals surface area contributed by atoms with Crippen molar-refractivity contribution in [1.29, 1.82) is 0 Å². The smallest absolute Gasteiger partial charge is 0.0900 e. The zero-order valence-corrected chi connectivity index (χ0v) is 12.4. The minimum Gasteiger partial charge on any atom is -0.323 e. The molecule has 0 unspecified atom stereocenters. The van der Waals surface area contributed by atoms with E-state index in [0.29, 0.717) is 11.5 Å². The van der Waals surface area contributed by atoms with Gasteiger partial charge < -0.3 is 10.6 Å². The van der Waals surface area contributed by atoms with Crippen molar-refractivity contribution in [3.63, 3.8) is 0 Å². The summed E-state index contributed by atoms with van der Waals surface area (Å²) in [6, 6.07) is 0.891. The normalized spacial score (nSPS) is 27.1. The molecular formula is C14H23N3S. The first-order valence-electron chi connectivity index (χ1n) is 6.98. The van der Waals surface area contributed by atoms with Crippen molar-refractivity contribution in [2.45, 2.75) is 52.1 Å². The predicted octanol–water partition coefficient (Wildman–Crippen LogP) is 2.50. The molecule has 0 aromatic carbocycles. The molecule has 3 nitrogen and oxygen atoms in total. The van der Waals surface area contributed by atoms with Crippen molar-refractivity contribution in [3.05, 3.63) is 15.6 Å². The molecule has 100 valence electrons. The number of aromatic nitrogens is 1. The van der Waals surface area contributed by atoms with E-state index in [1.54, 1.807) is 0 Å². The van der Waals surface area contributed by atoms with Crippen molar-refractivity contribution in [2.75, 3.05) is 13.1 Å². The Hall–Kier alpha value is -0.450. The summed E-state index contributed by atoms with van der Waals surface area (Å²) in [6.07, 6.45) is 3.57. The highest BCUT2D eigenvalue weighted by Gasteiger charge is 2.47. The van der Waals surface area contributed by atoms with E-state index in [4.69, 9.17) is 5.73 Å². The summed E-state index contributed by atoms with van der Waals surface area (Å²) in [5, 5.41) is 1.17. The van der Waals surface area contributed by atoms with Gasteiger partial charge in [-0.05, 0) is 58.5 Å². The highest BCUT2D eigenvalue weighted by atomic mass is 32.1. The van der Waals surface area contributed by atoms with Crippen LogP contribution in [0.2, 0.25) is 0 Å². The van der Waals surface area contributed by atoms with E-state index in [1.807, 2.05) is 11.3 Å². The molecule has 1 aliphatic heterocycles. The number of fused-ring (bicyclic) bond motifs is 1. The standard InChI is InChI=1S/C14H23N3S/c1-9(2)17-6-4-14(5-7-17)8-11-12(13(14)15)18-10(3)16-11/h9,13H,4-8,15H2,1-3H3/t13-/m1/s1. The van der Waals surface area contributed by atoms with Crippen LogP contribution in [0.5, 0.6) is 0 Å². The number of piperidine rings is 1. The molecule has 0 radical (unpaired) electrons. The molecule has 0 saturated carbocycles. The Morgan fingerprint density at radius 2 is 2.06 bits per heavy atom. The van der Waals surface area contributed by atoms with E-state index in [9.17, 15) is 0 Å². The lowest BCUT2D eigenvalue weighted by molar-refractivity contribution is 0.0711. The summed E-state index contributed by atoms with van der Waals surface area (Å²) >= 11 is 1.81. The number of rotatable bonds is 1. The van der Waals surface area contributed by atoms with Gasteiger partial charge in [0.15, 0.2) is 0 Å². The monoisotopic (exact) mass is 265 g/mol. The maximum Gasteiger partial charge on any atom is 0.0900 e. The van der Waals surface area contributed by atoms with Crippen LogP contribution in [-0.2, 0) is 6.42 Å². The van der Waals surface area contributed by atoms with Gasteiger partial charge in [0.2, 0.25) is 0 Å². The van der Waals surface area contributed by atoms with Crippen molar-refractivity contribution in [3.8, 4) is 0 Å². The summed E-state index contributed by atoms with van der Waals surface area (Å²) in [5.74, 6) is 0. The van der Waals surface area contributed by atoms with Gasteiger partial charge in [-0.15, -0.1) is 11.3 Å². The molecule has 1 fully saturated rings. The quantitative estimate of drug-likeness (QED) is 0.848. The van der Waals surface area contributed by atoms with Crippen molar-refractivity contribution in [1.82, 2.24) is 9.88 Å². The summed E-state index contributed by atoms with van der Waals surface area (Å²) in [7, 11) is 0. The van der Waals surface area contributed by atoms with Crippen LogP contribution in [0.4, 0.5) is 0 Å². The number of nitrogens with two attached hydrogens (primary N) is 1. The molecule has 1 aliphatic carbocycles. The number of hydrogen-bond donors (Lipinski definition) is 1. The van der Waals surface area contributed by atoms with Gasteiger partial charge in [-0.2, -0.15) is 0 Å². The third kappa shape index (κ3) is 1.82. The van der Waals surface area contributed by atoms with Crippen LogP contribution in [0.25, 0.3) is 0 Å². The third-order valence-corrected chi connectivity index (χ3v) is 5.92. The highest BCUT2D eigenvalue weighted by Crippen LogP contribution is 2.52. The fourth-order valence-electron chi connectivity index (χ4n) is 3.55. The number of aryl methyl sites for hydroxylation is 1. The van der Waals surface area contributed by atoms with E-state index in [2.05, 4.69) is 30.7 Å². The summed E-state index contributed by atoms with van der Waals surface area (Å²) < 4.78 is 0. The van der Waals surface area contributed by atoms with Gasteiger partial charge in [0, 0.05) is 17.0 Å². The van der Waals surface area contributed by atoms with Crippen LogP contribution in [0.15, 0.2) is 0 Å². The van der Waals surface area contributed by atoms with Gasteiger partial charge in [-0.3, -0.25) is 0 Å². The van der Waals surface area contributed by atoms with Crippen molar-refractivity contribution >= 4 is 11.3 Å². The lowest BCUT2D eigenvalue weighted by atomic mass is 9.73. The van der Waals surface area contributed by atoms with E-state index in [0.717, 1.165) is 6.42 Å². The van der Waals surface area contributed by atoms with Gasteiger partial charge in [-0.25, -0.2) is 4.98 Å². The predicted molar refractivity (Wildman–Crippen MR) is 75.9 cm³/mol. The molecule has 1 aromatic rings. The Kier molecular flexibility index (Phi) is 3.00. The van der Waals surface area contributed by atoms with Gasteiger partial charge in [-0.1, -0.05) is 0 Å². The third-order valence-electron chi connectivity index (χ3n) is 4.82. The zero-order chi connectivity index (χ0) is 12.9. The van der Waals surface area contributed by atoms with E-state index >= 15 is 0 Å². The summed E-state index contributed by atoms with van der Waals surface area (Å²) in [4.78, 5) is 8.61. The average Bonchev–Trinajstić information content (AvgIpc) is 2.78. The molecule has 0 amide bonds. The Morgan fingerprint density at radius 3 is 2.61 bits per heavy atom. The minimum atomic E-state index is 0.230. The second-order valence-corrected chi connectivity index (χ2v) is 7.43. The van der Waals surface area contributed by atoms with Crippen LogP contribution in [-0.4, -0.2) is 29.0 Å². The second kappa shape index (κ2) is 4.29. The molecule has 2 heterocycles. The fraction of sp³-hybridized carbons (Fsp3) is 0.786. The number of likely N-dealkylation sites (tertiary alicyclic amines) is 1. The van der Waals surface area contributed by atoms with Crippen LogP contribution in [0.3, 0.4) is 0 Å². The lowest BCUT2D eigenvalue weighted by Gasteiger charge is -2.43. The van der Waals surface area contributed by atoms with E-state index in [1.165, 1.54) is 41.5 Å². The molecule has 1 aromatic heterocycles. The highest BCUT2D eigenvalue weighted by molar-refractivity contribution is 7.11. The zero-order valence-electron chi connectivity index (χ0n) is 11.6. The number of nitrogens with zero attached hydrogens (tertiary/aromatic N) is 2. The molecule has 4 heteroatoms. The first kappa shape index (κ1) is 12.6. The maximum atomic E-state index is 6.54. The number of thiazole rings is 1. The number of hydrogen-bond acceptors (Lipinski definition) is 4. The fourth-order valence-corrected chi connectivity index (χ4v) is 4.64. The first-order chi connectivity index (χ1) is 8.52. The lowest BCUT2D eigenvalue weighted by Crippen LogP contribution is -2.46. The Labute approximate surface area is 113 Å². The van der Waals surface area contributed by atoms with Gasteiger partial charge in [0.1, 0.15) is 0 Å². The van der Waals surface area contributed by atoms with Crippen LogP contribution in [0.1, 0.15) is 48.3 Å². The Morgan fingerprint density at radius 1 is 1.39 bits per heavy atom. The Bertz CT molecular complexity index is 444. The van der Waals surface area contributed by atoms with Gasteiger partial charge in [0.25, 0.3) is 0 Å². The summed E-state index contributed by atoms with van der Waals surface area (Å²) in [5.41, 5.74) is 8.15. The second-order valence-electron chi connectivity index (χ2n) is 6.19. The van der Waals surface area contributed by atoms with Gasteiger partial charge >= 0.3 is 0 Å². The Balaban J connectivity index is 1.78. The summed E-state index contributed by atoms with van der Waals surface area (Å²) in [6.45, 7) is 9.05.